The van der Waals surface area contributed by atoms with E-state index in [0.29, 0.717) is 29.8 Å². The van der Waals surface area contributed by atoms with Crippen LogP contribution >= 0.6 is 0 Å². The maximum absolute atomic E-state index is 13.3. The quantitative estimate of drug-likeness (QED) is 0.535. The molecule has 2 aliphatic rings. The number of nitrogens with zero attached hydrogens (tertiary/aromatic N) is 1. The number of carbonyl (C=O) groups is 3. The Hall–Kier alpha value is -3.61. The van der Waals surface area contributed by atoms with Gasteiger partial charge in [-0.1, -0.05) is 29.8 Å². The molecular weight excluding hydrogens is 430 g/mol. The van der Waals surface area contributed by atoms with E-state index < -0.39 is 17.8 Å². The summed E-state index contributed by atoms with van der Waals surface area (Å²) < 4.78 is 0. The van der Waals surface area contributed by atoms with Crippen molar-refractivity contribution in [2.24, 2.45) is 11.8 Å². The lowest BCUT2D eigenvalue weighted by atomic mass is 9.82. The molecule has 0 unspecified atom stereocenters. The lowest BCUT2D eigenvalue weighted by Crippen LogP contribution is -2.35. The van der Waals surface area contributed by atoms with Crippen LogP contribution in [-0.4, -0.2) is 36.0 Å². The van der Waals surface area contributed by atoms with E-state index in [2.05, 4.69) is 15.5 Å². The Labute approximate surface area is 199 Å². The number of carboxylic acid groups (broad SMARTS) is 1. The molecule has 3 N–H and O–H groups in total. The number of aliphatic carboxylic acids is 1. The highest BCUT2D eigenvalue weighted by molar-refractivity contribution is 6.09. The number of rotatable bonds is 6. The fraction of sp³-hybridized carbons (Fsp3) is 0.370. The molecule has 1 fully saturated rings. The van der Waals surface area contributed by atoms with Crippen LogP contribution in [-0.2, 0) is 9.59 Å². The molecule has 34 heavy (non-hydrogen) atoms. The molecule has 4 rings (SSSR count). The van der Waals surface area contributed by atoms with Gasteiger partial charge in [-0.05, 0) is 69.4 Å². The van der Waals surface area contributed by atoms with Crippen LogP contribution in [0, 0.1) is 18.8 Å². The molecular formula is C27H31N3O4. The predicted octanol–water partition coefficient (Wildman–Crippen LogP) is 4.84. The molecule has 7 nitrogen and oxygen atoms in total. The smallest absolute Gasteiger partial charge is 0.307 e. The second-order valence-electron chi connectivity index (χ2n) is 9.08. The number of piperidine rings is 1. The molecule has 2 amide bonds. The van der Waals surface area contributed by atoms with E-state index >= 15 is 0 Å². The lowest BCUT2D eigenvalue weighted by Gasteiger charge is -2.31. The van der Waals surface area contributed by atoms with Crippen LogP contribution in [0.3, 0.4) is 0 Å². The second kappa shape index (κ2) is 10.5. The standard InChI is InChI=1S/C27H31N3O4/c1-18-9-11-19(12-10-18)28-26(32)23-17-20(13-14-24(23)30-15-5-2-6-16-30)29-25(31)21-7-3-4-8-22(21)27(33)34/h3-4,9-14,17,21-22H,2,5-8,15-16H2,1H3,(H,28,32)(H,29,31)(H,33,34)/t21-,22-/m1/s1. The molecule has 2 aromatic carbocycles. The van der Waals surface area contributed by atoms with Crippen LogP contribution in [0.4, 0.5) is 17.1 Å². The molecule has 1 heterocycles. The minimum atomic E-state index is -0.969. The molecule has 7 heteroatoms. The first-order valence-electron chi connectivity index (χ1n) is 11.9. The highest BCUT2D eigenvalue weighted by Crippen LogP contribution is 2.30. The van der Waals surface area contributed by atoms with Crippen LogP contribution in [0.5, 0.6) is 0 Å². The average Bonchev–Trinajstić information content (AvgIpc) is 2.86. The third-order valence-corrected chi connectivity index (χ3v) is 6.60. The summed E-state index contributed by atoms with van der Waals surface area (Å²) in [4.78, 5) is 40.1. The maximum atomic E-state index is 13.3. The topological polar surface area (TPSA) is 98.7 Å². The number of aryl methyl sites for hydroxylation is 1. The second-order valence-corrected chi connectivity index (χ2v) is 9.08. The van der Waals surface area contributed by atoms with E-state index in [9.17, 15) is 19.5 Å². The molecule has 0 saturated carbocycles. The Morgan fingerprint density at radius 2 is 1.50 bits per heavy atom. The minimum absolute atomic E-state index is 0.246. The fourth-order valence-corrected chi connectivity index (χ4v) is 4.65. The summed E-state index contributed by atoms with van der Waals surface area (Å²) in [6, 6.07) is 13.0. The van der Waals surface area contributed by atoms with Gasteiger partial charge in [0.15, 0.2) is 0 Å². The number of hydrogen-bond acceptors (Lipinski definition) is 4. The van der Waals surface area contributed by atoms with E-state index in [1.54, 1.807) is 12.1 Å². The molecule has 0 spiro atoms. The molecule has 2 atom stereocenters. The summed E-state index contributed by atoms with van der Waals surface area (Å²) in [5, 5.41) is 15.3. The summed E-state index contributed by atoms with van der Waals surface area (Å²) in [6.07, 6.45) is 7.71. The number of nitrogens with one attached hydrogen (secondary N) is 2. The number of benzene rings is 2. The van der Waals surface area contributed by atoms with Crippen molar-refractivity contribution in [2.45, 2.75) is 39.0 Å². The zero-order valence-electron chi connectivity index (χ0n) is 19.4. The largest absolute Gasteiger partial charge is 0.481 e. The summed E-state index contributed by atoms with van der Waals surface area (Å²) in [6.45, 7) is 3.75. The van der Waals surface area contributed by atoms with Crippen molar-refractivity contribution in [3.05, 3.63) is 65.7 Å². The predicted molar refractivity (Wildman–Crippen MR) is 133 cm³/mol. The van der Waals surface area contributed by atoms with Gasteiger partial charge < -0.3 is 20.6 Å². The summed E-state index contributed by atoms with van der Waals surface area (Å²) >= 11 is 0. The van der Waals surface area contributed by atoms with E-state index in [4.69, 9.17) is 0 Å². The van der Waals surface area contributed by atoms with Gasteiger partial charge in [0.2, 0.25) is 5.91 Å². The van der Waals surface area contributed by atoms with Crippen LogP contribution in [0.2, 0.25) is 0 Å². The van der Waals surface area contributed by atoms with Crippen LogP contribution in [0.1, 0.15) is 48.0 Å². The monoisotopic (exact) mass is 461 g/mol. The third-order valence-electron chi connectivity index (χ3n) is 6.60. The van der Waals surface area contributed by atoms with Crippen LogP contribution < -0.4 is 15.5 Å². The first-order valence-corrected chi connectivity index (χ1v) is 11.9. The van der Waals surface area contributed by atoms with Crippen molar-refractivity contribution in [2.75, 3.05) is 28.6 Å². The number of anilines is 3. The molecule has 0 radical (unpaired) electrons. The Morgan fingerprint density at radius 3 is 2.18 bits per heavy atom. The van der Waals surface area contributed by atoms with Gasteiger partial charge in [0.1, 0.15) is 0 Å². The van der Waals surface area contributed by atoms with Crippen molar-refractivity contribution in [1.29, 1.82) is 0 Å². The first-order chi connectivity index (χ1) is 16.4. The Bertz CT molecular complexity index is 1090. The van der Waals surface area contributed by atoms with E-state index in [1.807, 2.05) is 49.4 Å². The number of hydrogen-bond donors (Lipinski definition) is 3. The molecule has 1 aliphatic heterocycles. The van der Waals surface area contributed by atoms with E-state index in [0.717, 1.165) is 37.2 Å². The van der Waals surface area contributed by atoms with Gasteiger partial charge in [0.25, 0.3) is 5.91 Å². The molecule has 0 bridgehead atoms. The van der Waals surface area contributed by atoms with Gasteiger partial charge >= 0.3 is 5.97 Å². The lowest BCUT2D eigenvalue weighted by molar-refractivity contribution is -0.146. The SMILES string of the molecule is Cc1ccc(NC(=O)c2cc(NC(=O)[C@@H]3CC=CC[C@H]3C(=O)O)ccc2N2CCCCC2)cc1. The maximum Gasteiger partial charge on any atom is 0.307 e. The Kier molecular flexibility index (Phi) is 7.30. The van der Waals surface area contributed by atoms with Gasteiger partial charge in [-0.25, -0.2) is 0 Å². The summed E-state index contributed by atoms with van der Waals surface area (Å²) in [5.41, 5.74) is 3.62. The average molecular weight is 462 g/mol. The molecule has 1 saturated heterocycles. The van der Waals surface area contributed by atoms with E-state index in [1.165, 1.54) is 6.42 Å². The molecule has 1 aliphatic carbocycles. The number of amides is 2. The highest BCUT2D eigenvalue weighted by atomic mass is 16.4. The van der Waals surface area contributed by atoms with Crippen LogP contribution in [0.25, 0.3) is 0 Å². The van der Waals surface area contributed by atoms with Crippen molar-refractivity contribution in [3.63, 3.8) is 0 Å². The molecule has 0 aromatic heterocycles. The van der Waals surface area contributed by atoms with Crippen LogP contribution in [0.15, 0.2) is 54.6 Å². The van der Waals surface area contributed by atoms with Gasteiger partial charge in [-0.3, -0.25) is 14.4 Å². The van der Waals surface area contributed by atoms with Crippen molar-refractivity contribution in [1.82, 2.24) is 0 Å². The molecule has 178 valence electrons. The Morgan fingerprint density at radius 1 is 0.853 bits per heavy atom. The molecule has 2 aromatic rings. The van der Waals surface area contributed by atoms with Gasteiger partial charge in [0, 0.05) is 30.2 Å². The normalized spacial score (nSPS) is 20.0. The van der Waals surface area contributed by atoms with Crippen molar-refractivity contribution >= 4 is 34.8 Å². The summed E-state index contributed by atoms with van der Waals surface area (Å²) in [7, 11) is 0. The minimum Gasteiger partial charge on any atom is -0.481 e. The van der Waals surface area contributed by atoms with Gasteiger partial charge in [0.05, 0.1) is 17.4 Å². The zero-order valence-corrected chi connectivity index (χ0v) is 19.4. The van der Waals surface area contributed by atoms with Gasteiger partial charge in [-0.2, -0.15) is 0 Å². The van der Waals surface area contributed by atoms with Crippen molar-refractivity contribution < 1.29 is 19.5 Å². The third kappa shape index (κ3) is 5.47. The number of carboxylic acids is 1. The highest BCUT2D eigenvalue weighted by Gasteiger charge is 2.34. The van der Waals surface area contributed by atoms with Gasteiger partial charge in [-0.15, -0.1) is 0 Å². The first kappa shape index (κ1) is 23.5. The number of carbonyl (C=O) groups excluding carboxylic acids is 2. The summed E-state index contributed by atoms with van der Waals surface area (Å²) in [5.74, 6) is -2.95. The zero-order chi connectivity index (χ0) is 24.1. The Balaban J connectivity index is 1.59. The number of allylic oxidation sites excluding steroid dienone is 2. The van der Waals surface area contributed by atoms with E-state index in [-0.39, 0.29) is 11.8 Å². The fourth-order valence-electron chi connectivity index (χ4n) is 4.65. The van der Waals surface area contributed by atoms with Crippen molar-refractivity contribution in [3.8, 4) is 0 Å².